The zero-order chi connectivity index (χ0) is 11.9. The summed E-state index contributed by atoms with van der Waals surface area (Å²) in [6.45, 7) is 0. The molecule has 0 bridgehead atoms. The number of carboxylic acid groups (broad SMARTS) is 1. The van der Waals surface area contributed by atoms with Gasteiger partial charge in [0.15, 0.2) is 11.3 Å². The maximum atomic E-state index is 10.9. The van der Waals surface area contributed by atoms with Gasteiger partial charge < -0.3 is 19.7 Å². The topological polar surface area (TPSA) is 108 Å². The number of carboxylic acids is 1. The summed E-state index contributed by atoms with van der Waals surface area (Å²) in [5.74, 6) is -2.61. The van der Waals surface area contributed by atoms with Gasteiger partial charge in [0.1, 0.15) is 0 Å². The van der Waals surface area contributed by atoms with Gasteiger partial charge in [-0.3, -0.25) is 0 Å². The number of aromatic carboxylic acids is 1. The van der Waals surface area contributed by atoms with Crippen LogP contribution in [0.1, 0.15) is 10.4 Å². The summed E-state index contributed by atoms with van der Waals surface area (Å²) in [5.41, 5.74) is -1.34. The van der Waals surface area contributed by atoms with Crippen LogP contribution >= 0.6 is 0 Å². The van der Waals surface area contributed by atoms with Gasteiger partial charge in [0.2, 0.25) is 5.75 Å². The van der Waals surface area contributed by atoms with Gasteiger partial charge in [0, 0.05) is 11.5 Å². The fourth-order valence-corrected chi connectivity index (χ4v) is 1.38. The summed E-state index contributed by atoms with van der Waals surface area (Å²) >= 11 is 0. The number of carbonyl (C=O) groups is 1. The Bertz CT molecular complexity index is 645. The molecule has 0 aliphatic rings. The molecule has 0 saturated heterocycles. The van der Waals surface area contributed by atoms with Crippen molar-refractivity contribution in [2.45, 2.75) is 0 Å². The number of phenolic OH excluding ortho intramolecular Hbond substituents is 2. The summed E-state index contributed by atoms with van der Waals surface area (Å²) < 4.78 is 4.64. The fourth-order valence-electron chi connectivity index (χ4n) is 1.38. The van der Waals surface area contributed by atoms with E-state index in [1.807, 2.05) is 0 Å². The van der Waals surface area contributed by atoms with Crippen molar-refractivity contribution in [2.24, 2.45) is 0 Å². The van der Waals surface area contributed by atoms with E-state index >= 15 is 0 Å². The molecule has 3 N–H and O–H groups in total. The van der Waals surface area contributed by atoms with Crippen LogP contribution in [0.3, 0.4) is 0 Å². The van der Waals surface area contributed by atoms with Gasteiger partial charge >= 0.3 is 49.3 Å². The molecule has 1 heterocycles. The second-order valence-corrected chi connectivity index (χ2v) is 3.09. The number of hydrogen-bond donors (Lipinski definition) is 3. The first-order chi connectivity index (χ1) is 7.50. The van der Waals surface area contributed by atoms with Crippen molar-refractivity contribution in [3.05, 3.63) is 34.2 Å². The first kappa shape index (κ1) is 13.8. The summed E-state index contributed by atoms with van der Waals surface area (Å²) in [6, 6.07) is 3.13. The number of rotatable bonds is 1. The molecule has 0 saturated carbocycles. The van der Waals surface area contributed by atoms with Crippen LogP contribution in [0.25, 0.3) is 11.0 Å². The molecule has 0 amide bonds. The minimum atomic E-state index is -1.30. The Balaban J connectivity index is 0.00000144. The molecule has 7 heteroatoms. The van der Waals surface area contributed by atoms with Gasteiger partial charge in [-0.1, -0.05) is 0 Å². The Labute approximate surface area is 124 Å². The van der Waals surface area contributed by atoms with E-state index in [-0.39, 0.29) is 54.3 Å². The van der Waals surface area contributed by atoms with E-state index in [2.05, 4.69) is 4.42 Å². The molecule has 0 atom stereocenters. The molecule has 1 aromatic carbocycles. The van der Waals surface area contributed by atoms with Crippen LogP contribution in [0.15, 0.2) is 27.4 Å². The average Bonchev–Trinajstić information content (AvgIpc) is 2.23. The Kier molecular flexibility index (Phi) is 4.03. The Morgan fingerprint density at radius 1 is 1.24 bits per heavy atom. The Hall–Kier alpha value is -1.24. The Morgan fingerprint density at radius 2 is 1.88 bits per heavy atom. The monoisotopic (exact) mass is 264 g/mol. The zero-order valence-corrected chi connectivity index (χ0v) is 7.80. The molecule has 2 aromatic rings. The molecule has 1 aromatic heterocycles. The van der Waals surface area contributed by atoms with E-state index in [4.69, 9.17) is 5.11 Å². The first-order valence-corrected chi connectivity index (χ1v) is 4.23. The van der Waals surface area contributed by atoms with Crippen LogP contribution in [0.4, 0.5) is 0 Å². The normalized spacial score (nSPS) is 9.88. The van der Waals surface area contributed by atoms with Crippen LogP contribution in [-0.4, -0.2) is 59.0 Å². The summed E-state index contributed by atoms with van der Waals surface area (Å²) in [6.07, 6.45) is 0. The maximum absolute atomic E-state index is 10.9. The molecule has 0 fully saturated rings. The van der Waals surface area contributed by atoms with Gasteiger partial charge in [0.05, 0.1) is 5.56 Å². The predicted molar refractivity (Wildman–Crippen MR) is 61.3 cm³/mol. The summed E-state index contributed by atoms with van der Waals surface area (Å²) in [7, 11) is 0. The van der Waals surface area contributed by atoms with E-state index in [1.165, 1.54) is 6.07 Å². The zero-order valence-electron chi connectivity index (χ0n) is 7.80. The average molecular weight is 264 g/mol. The second kappa shape index (κ2) is 4.95. The van der Waals surface area contributed by atoms with Gasteiger partial charge in [0.25, 0.3) is 0 Å². The van der Waals surface area contributed by atoms with Crippen LogP contribution in [-0.2, 0) is 0 Å². The van der Waals surface area contributed by atoms with Gasteiger partial charge in [-0.05, 0) is 12.1 Å². The second-order valence-electron chi connectivity index (χ2n) is 3.09. The van der Waals surface area contributed by atoms with Crippen LogP contribution in [0.5, 0.6) is 11.5 Å². The van der Waals surface area contributed by atoms with Crippen LogP contribution in [0, 0.1) is 0 Å². The molecule has 0 aliphatic heterocycles. The quantitative estimate of drug-likeness (QED) is 0.380. The van der Waals surface area contributed by atoms with Gasteiger partial charge in [-0.2, -0.15) is 0 Å². The van der Waals surface area contributed by atoms with Crippen molar-refractivity contribution in [2.75, 3.05) is 0 Å². The molecular weight excluding hydrogens is 256 g/mol. The molecule has 2 rings (SSSR count). The van der Waals surface area contributed by atoms with Crippen molar-refractivity contribution < 1.29 is 24.5 Å². The van der Waals surface area contributed by atoms with Crippen molar-refractivity contribution in [3.8, 4) is 11.5 Å². The third kappa shape index (κ3) is 2.38. The number of phenols is 2. The molecule has 86 valence electrons. The van der Waals surface area contributed by atoms with Crippen LogP contribution < -0.4 is 5.63 Å². The van der Waals surface area contributed by atoms with E-state index in [9.17, 15) is 19.8 Å². The van der Waals surface area contributed by atoms with Crippen LogP contribution in [0.2, 0.25) is 0 Å². The SMILES string of the molecule is O=C(O)c1cc(O)c(O)c2oc(=O)ccc12.[CaH2]. The van der Waals surface area contributed by atoms with Gasteiger partial charge in [-0.25, -0.2) is 9.59 Å². The predicted octanol–water partition coefficient (Wildman–Crippen LogP) is -0.0138. The molecule has 0 radical (unpaired) electrons. The fraction of sp³-hybridized carbons (Fsp3) is 0. The summed E-state index contributed by atoms with van der Waals surface area (Å²) in [4.78, 5) is 21.8. The number of aromatic hydroxyl groups is 2. The molecule has 6 nitrogen and oxygen atoms in total. The number of hydrogen-bond acceptors (Lipinski definition) is 5. The molecule has 17 heavy (non-hydrogen) atoms. The third-order valence-electron chi connectivity index (χ3n) is 2.09. The van der Waals surface area contributed by atoms with Gasteiger partial charge in [-0.15, -0.1) is 0 Å². The summed E-state index contributed by atoms with van der Waals surface area (Å²) in [5, 5.41) is 27.6. The van der Waals surface area contributed by atoms with Crippen molar-refractivity contribution in [1.29, 1.82) is 0 Å². The number of fused-ring (bicyclic) bond motifs is 1. The molecule has 0 spiro atoms. The van der Waals surface area contributed by atoms with E-state index in [1.54, 1.807) is 0 Å². The minimum absolute atomic E-state index is 0. The van der Waals surface area contributed by atoms with E-state index in [0.717, 1.165) is 12.1 Å². The van der Waals surface area contributed by atoms with E-state index in [0.29, 0.717) is 0 Å². The van der Waals surface area contributed by atoms with Crippen molar-refractivity contribution >= 4 is 54.7 Å². The first-order valence-electron chi connectivity index (χ1n) is 4.23. The van der Waals surface area contributed by atoms with Crippen molar-refractivity contribution in [3.63, 3.8) is 0 Å². The number of benzene rings is 1. The van der Waals surface area contributed by atoms with Crippen molar-refractivity contribution in [1.82, 2.24) is 0 Å². The molecule has 0 unspecified atom stereocenters. The van der Waals surface area contributed by atoms with E-state index < -0.39 is 23.1 Å². The third-order valence-corrected chi connectivity index (χ3v) is 2.09. The molecule has 0 aliphatic carbocycles. The Morgan fingerprint density at radius 3 is 2.47 bits per heavy atom. The molecular formula is C10H8CaO6. The standard InChI is InChI=1S/C10H6O6.Ca.2H/c11-6-3-5(10(14)15)4-1-2-7(12)16-9(4)8(6)13;;;/h1-3,11,13H,(H,14,15);;;.